The lowest BCUT2D eigenvalue weighted by molar-refractivity contribution is 0.744. The largest absolute Gasteiger partial charge is 0.330 e. The van der Waals surface area contributed by atoms with E-state index in [4.69, 9.17) is 5.73 Å². The predicted octanol–water partition coefficient (Wildman–Crippen LogP) is 3.06. The van der Waals surface area contributed by atoms with E-state index in [1.807, 2.05) is 18.5 Å². The van der Waals surface area contributed by atoms with E-state index >= 15 is 0 Å². The second kappa shape index (κ2) is 5.33. The lowest BCUT2D eigenvalue weighted by atomic mass is 10.1. The highest BCUT2D eigenvalue weighted by molar-refractivity contribution is 6.02. The van der Waals surface area contributed by atoms with Crippen molar-refractivity contribution >= 4 is 21.8 Å². The van der Waals surface area contributed by atoms with Crippen molar-refractivity contribution in [1.82, 2.24) is 9.97 Å². The van der Waals surface area contributed by atoms with Gasteiger partial charge < -0.3 is 5.73 Å². The van der Waals surface area contributed by atoms with Gasteiger partial charge in [-0.1, -0.05) is 18.2 Å². The summed E-state index contributed by atoms with van der Waals surface area (Å²) < 4.78 is 0. The Bertz CT molecular complexity index is 707. The molecule has 0 aliphatic rings. The second-order valence-corrected chi connectivity index (χ2v) is 4.80. The van der Waals surface area contributed by atoms with E-state index in [1.54, 1.807) is 0 Å². The minimum Gasteiger partial charge on any atom is -0.330 e. The molecule has 0 saturated carbocycles. The summed E-state index contributed by atoms with van der Waals surface area (Å²) in [7, 11) is 0. The summed E-state index contributed by atoms with van der Waals surface area (Å²) in [6.07, 6.45) is 7.01. The van der Waals surface area contributed by atoms with Crippen LogP contribution in [0.4, 0.5) is 0 Å². The number of pyridine rings is 2. The van der Waals surface area contributed by atoms with Gasteiger partial charge in [0.05, 0.1) is 11.0 Å². The Morgan fingerprint density at radius 2 is 1.79 bits per heavy atom. The van der Waals surface area contributed by atoms with E-state index in [-0.39, 0.29) is 0 Å². The van der Waals surface area contributed by atoms with Gasteiger partial charge in [-0.3, -0.25) is 9.97 Å². The van der Waals surface area contributed by atoms with Crippen LogP contribution in [0.2, 0.25) is 0 Å². The molecule has 3 aromatic rings. The molecule has 19 heavy (non-hydrogen) atoms. The number of nitrogens with two attached hydrogens (primary N) is 1. The molecule has 0 unspecified atom stereocenters. The summed E-state index contributed by atoms with van der Waals surface area (Å²) in [6.45, 7) is 0.759. The van der Waals surface area contributed by atoms with Crippen LogP contribution in [0.25, 0.3) is 21.8 Å². The Morgan fingerprint density at radius 3 is 2.68 bits per heavy atom. The molecule has 3 nitrogen and oxygen atoms in total. The number of benzene rings is 1. The molecule has 0 aliphatic heterocycles. The first-order chi connectivity index (χ1) is 9.38. The highest BCUT2D eigenvalue weighted by atomic mass is 14.7. The van der Waals surface area contributed by atoms with Crippen LogP contribution >= 0.6 is 0 Å². The number of hydrogen-bond acceptors (Lipinski definition) is 3. The first-order valence-corrected chi connectivity index (χ1v) is 6.71. The minimum absolute atomic E-state index is 0.759. The van der Waals surface area contributed by atoms with Gasteiger partial charge in [0.15, 0.2) is 0 Å². The molecule has 2 aromatic heterocycles. The van der Waals surface area contributed by atoms with E-state index in [2.05, 4.69) is 34.2 Å². The third-order valence-electron chi connectivity index (χ3n) is 3.40. The molecule has 0 radical (unpaired) electrons. The third-order valence-corrected chi connectivity index (χ3v) is 3.40. The maximum Gasteiger partial charge on any atom is 0.0964 e. The van der Waals surface area contributed by atoms with Crippen molar-refractivity contribution in [3.8, 4) is 0 Å². The van der Waals surface area contributed by atoms with Crippen molar-refractivity contribution in [2.75, 3.05) is 6.54 Å². The number of aromatic nitrogens is 2. The van der Waals surface area contributed by atoms with E-state index < -0.39 is 0 Å². The number of unbranched alkanes of at least 4 members (excludes halogenated alkanes) is 1. The topological polar surface area (TPSA) is 51.8 Å². The van der Waals surface area contributed by atoms with E-state index in [9.17, 15) is 0 Å². The lowest BCUT2D eigenvalue weighted by Crippen LogP contribution is -1.99. The van der Waals surface area contributed by atoms with Gasteiger partial charge in [0.25, 0.3) is 0 Å². The number of fused-ring (bicyclic) bond motifs is 3. The maximum absolute atomic E-state index is 5.52. The van der Waals surface area contributed by atoms with Gasteiger partial charge in [0, 0.05) is 23.2 Å². The molecule has 0 fully saturated rings. The number of hydrogen-bond donors (Lipinski definition) is 1. The van der Waals surface area contributed by atoms with Crippen molar-refractivity contribution in [3.63, 3.8) is 0 Å². The molecule has 0 atom stereocenters. The van der Waals surface area contributed by atoms with Gasteiger partial charge in [0.1, 0.15) is 0 Å². The minimum atomic E-state index is 0.759. The van der Waals surface area contributed by atoms with Gasteiger partial charge in [-0.05, 0) is 43.5 Å². The van der Waals surface area contributed by atoms with Crippen LogP contribution in [-0.4, -0.2) is 16.5 Å². The Morgan fingerprint density at radius 1 is 0.947 bits per heavy atom. The quantitative estimate of drug-likeness (QED) is 0.572. The lowest BCUT2D eigenvalue weighted by Gasteiger charge is -2.05. The molecule has 2 heterocycles. The summed E-state index contributed by atoms with van der Waals surface area (Å²) in [5, 5.41) is 2.30. The molecule has 0 amide bonds. The average molecular weight is 251 g/mol. The molecule has 1 aromatic carbocycles. The van der Waals surface area contributed by atoms with Crippen molar-refractivity contribution in [1.29, 1.82) is 0 Å². The van der Waals surface area contributed by atoms with Gasteiger partial charge in [0.2, 0.25) is 0 Å². The SMILES string of the molecule is NCCCCc1cnc2c(ccc3cccnc32)c1. The molecule has 0 spiro atoms. The fourth-order valence-corrected chi connectivity index (χ4v) is 2.39. The molecule has 3 rings (SSSR count). The van der Waals surface area contributed by atoms with Crippen LogP contribution < -0.4 is 5.73 Å². The van der Waals surface area contributed by atoms with Gasteiger partial charge in [-0.15, -0.1) is 0 Å². The van der Waals surface area contributed by atoms with Crippen LogP contribution in [0.1, 0.15) is 18.4 Å². The predicted molar refractivity (Wildman–Crippen MR) is 79.0 cm³/mol. The van der Waals surface area contributed by atoms with Crippen molar-refractivity contribution in [3.05, 3.63) is 48.3 Å². The van der Waals surface area contributed by atoms with Crippen LogP contribution in [0.3, 0.4) is 0 Å². The number of nitrogens with zero attached hydrogens (tertiary/aromatic N) is 2. The van der Waals surface area contributed by atoms with Crippen LogP contribution in [0, 0.1) is 0 Å². The summed E-state index contributed by atoms with van der Waals surface area (Å²) >= 11 is 0. The molecule has 0 aliphatic carbocycles. The highest BCUT2D eigenvalue weighted by Crippen LogP contribution is 2.22. The van der Waals surface area contributed by atoms with Gasteiger partial charge in [-0.25, -0.2) is 0 Å². The van der Waals surface area contributed by atoms with Crippen molar-refractivity contribution < 1.29 is 0 Å². The Labute approximate surface area is 112 Å². The Kier molecular flexibility index (Phi) is 3.38. The average Bonchev–Trinajstić information content (AvgIpc) is 2.47. The zero-order valence-corrected chi connectivity index (χ0v) is 10.8. The zero-order valence-electron chi connectivity index (χ0n) is 10.8. The smallest absolute Gasteiger partial charge is 0.0964 e. The molecule has 3 heteroatoms. The monoisotopic (exact) mass is 251 g/mol. The standard InChI is InChI=1S/C16H17N3/c17-8-2-1-4-12-10-14-7-6-13-5-3-9-18-15(13)16(14)19-11-12/h3,5-7,9-11H,1-2,4,8,17H2. The van der Waals surface area contributed by atoms with Crippen LogP contribution in [0.15, 0.2) is 42.7 Å². The first-order valence-electron chi connectivity index (χ1n) is 6.71. The first kappa shape index (κ1) is 12.1. The normalized spacial score (nSPS) is 11.2. The van der Waals surface area contributed by atoms with E-state index in [0.717, 1.165) is 47.6 Å². The number of rotatable bonds is 4. The summed E-state index contributed by atoms with van der Waals surface area (Å²) in [6, 6.07) is 10.5. The second-order valence-electron chi connectivity index (χ2n) is 4.80. The molecular weight excluding hydrogens is 234 g/mol. The molecule has 96 valence electrons. The Hall–Kier alpha value is -2.00. The van der Waals surface area contributed by atoms with Crippen molar-refractivity contribution in [2.24, 2.45) is 5.73 Å². The summed E-state index contributed by atoms with van der Waals surface area (Å²) in [4.78, 5) is 9.03. The fraction of sp³-hybridized carbons (Fsp3) is 0.250. The third kappa shape index (κ3) is 2.42. The van der Waals surface area contributed by atoms with Gasteiger partial charge in [-0.2, -0.15) is 0 Å². The molecule has 0 bridgehead atoms. The zero-order chi connectivity index (χ0) is 13.1. The Balaban J connectivity index is 2.02. The van der Waals surface area contributed by atoms with Gasteiger partial charge >= 0.3 is 0 Å². The summed E-state index contributed by atoms with van der Waals surface area (Å²) in [5.41, 5.74) is 8.76. The highest BCUT2D eigenvalue weighted by Gasteiger charge is 2.03. The van der Waals surface area contributed by atoms with E-state index in [1.165, 1.54) is 5.56 Å². The van der Waals surface area contributed by atoms with Crippen LogP contribution in [-0.2, 0) is 6.42 Å². The summed E-state index contributed by atoms with van der Waals surface area (Å²) in [5.74, 6) is 0. The van der Waals surface area contributed by atoms with E-state index in [0.29, 0.717) is 0 Å². The van der Waals surface area contributed by atoms with Crippen LogP contribution in [0.5, 0.6) is 0 Å². The number of aryl methyl sites for hydroxylation is 1. The molecule has 0 saturated heterocycles. The molecular formula is C16H17N3. The fourth-order valence-electron chi connectivity index (χ4n) is 2.39. The van der Waals surface area contributed by atoms with Crippen molar-refractivity contribution in [2.45, 2.75) is 19.3 Å². The maximum atomic E-state index is 5.52. The molecule has 2 N–H and O–H groups in total.